The zero-order valence-electron chi connectivity index (χ0n) is 9.36. The summed E-state index contributed by atoms with van der Waals surface area (Å²) in [6.07, 6.45) is 0.344. The molecule has 1 heterocycles. The molecular formula is C12H9BrClFN2O. The van der Waals surface area contributed by atoms with Crippen LogP contribution in [-0.2, 0) is 0 Å². The lowest BCUT2D eigenvalue weighted by Gasteiger charge is -2.13. The molecule has 0 amide bonds. The SMILES string of the molecule is Cc1nccc(C(O)c2ccc(Br)c(Cl)c2F)n1. The van der Waals surface area contributed by atoms with Gasteiger partial charge in [0.1, 0.15) is 17.7 Å². The maximum atomic E-state index is 13.9. The molecule has 2 rings (SSSR count). The van der Waals surface area contributed by atoms with Gasteiger partial charge in [0.05, 0.1) is 10.7 Å². The van der Waals surface area contributed by atoms with Crippen molar-refractivity contribution in [2.45, 2.75) is 13.0 Å². The van der Waals surface area contributed by atoms with E-state index in [4.69, 9.17) is 11.6 Å². The molecule has 3 nitrogen and oxygen atoms in total. The summed E-state index contributed by atoms with van der Waals surface area (Å²) in [5.74, 6) is -0.148. The average Bonchev–Trinajstić information content (AvgIpc) is 2.35. The van der Waals surface area contributed by atoms with Crippen molar-refractivity contribution in [2.24, 2.45) is 0 Å². The lowest BCUT2D eigenvalue weighted by Crippen LogP contribution is -2.06. The Balaban J connectivity index is 2.46. The Morgan fingerprint density at radius 1 is 1.39 bits per heavy atom. The van der Waals surface area contributed by atoms with Gasteiger partial charge in [0, 0.05) is 16.2 Å². The van der Waals surface area contributed by atoms with Gasteiger partial charge >= 0.3 is 0 Å². The lowest BCUT2D eigenvalue weighted by atomic mass is 10.1. The van der Waals surface area contributed by atoms with Crippen molar-refractivity contribution in [3.8, 4) is 0 Å². The van der Waals surface area contributed by atoms with Gasteiger partial charge in [0.15, 0.2) is 0 Å². The second-order valence-electron chi connectivity index (χ2n) is 3.70. The molecule has 1 aromatic heterocycles. The van der Waals surface area contributed by atoms with Crippen molar-refractivity contribution in [1.29, 1.82) is 0 Å². The zero-order valence-corrected chi connectivity index (χ0v) is 11.7. The normalized spacial score (nSPS) is 12.5. The molecule has 94 valence electrons. The maximum absolute atomic E-state index is 13.9. The highest BCUT2D eigenvalue weighted by Crippen LogP contribution is 2.32. The van der Waals surface area contributed by atoms with Crippen LogP contribution in [0.3, 0.4) is 0 Å². The van der Waals surface area contributed by atoms with E-state index in [9.17, 15) is 9.50 Å². The molecule has 0 aliphatic rings. The molecule has 0 bridgehead atoms. The summed E-state index contributed by atoms with van der Waals surface area (Å²) >= 11 is 8.90. The summed E-state index contributed by atoms with van der Waals surface area (Å²) in [4.78, 5) is 7.98. The van der Waals surface area contributed by atoms with Crippen molar-refractivity contribution < 1.29 is 9.50 Å². The molecule has 0 saturated carbocycles. The summed E-state index contributed by atoms with van der Waals surface area (Å²) in [7, 11) is 0. The van der Waals surface area contributed by atoms with E-state index in [0.717, 1.165) is 0 Å². The zero-order chi connectivity index (χ0) is 13.3. The van der Waals surface area contributed by atoms with Crippen LogP contribution in [0.25, 0.3) is 0 Å². The van der Waals surface area contributed by atoms with Gasteiger partial charge in [0.2, 0.25) is 0 Å². The minimum absolute atomic E-state index is 0.0580. The molecule has 6 heteroatoms. The number of hydrogen-bond acceptors (Lipinski definition) is 3. The van der Waals surface area contributed by atoms with Crippen LogP contribution < -0.4 is 0 Å². The van der Waals surface area contributed by atoms with E-state index in [0.29, 0.717) is 16.0 Å². The second kappa shape index (κ2) is 5.30. The third kappa shape index (κ3) is 2.53. The van der Waals surface area contributed by atoms with E-state index in [2.05, 4.69) is 25.9 Å². The minimum atomic E-state index is -1.17. The summed E-state index contributed by atoms with van der Waals surface area (Å²) in [5.41, 5.74) is 0.418. The standard InChI is InChI=1S/C12H9BrClFN2O/c1-6-16-5-4-9(17-6)12(18)7-2-3-8(13)10(14)11(7)15/h2-5,12,18H,1H3. The average molecular weight is 332 g/mol. The first-order valence-electron chi connectivity index (χ1n) is 5.11. The fourth-order valence-electron chi connectivity index (χ4n) is 1.54. The van der Waals surface area contributed by atoms with Gasteiger partial charge in [-0.3, -0.25) is 0 Å². The van der Waals surface area contributed by atoms with E-state index in [1.54, 1.807) is 13.0 Å². The minimum Gasteiger partial charge on any atom is -0.382 e. The number of halogens is 3. The number of hydrogen-bond donors (Lipinski definition) is 1. The van der Waals surface area contributed by atoms with Gasteiger partial charge in [-0.1, -0.05) is 17.7 Å². The summed E-state index contributed by atoms with van der Waals surface area (Å²) in [6, 6.07) is 4.58. The highest BCUT2D eigenvalue weighted by Gasteiger charge is 2.19. The highest BCUT2D eigenvalue weighted by molar-refractivity contribution is 9.10. The van der Waals surface area contributed by atoms with Crippen LogP contribution in [0.15, 0.2) is 28.9 Å². The van der Waals surface area contributed by atoms with Crippen molar-refractivity contribution >= 4 is 27.5 Å². The Kier molecular flexibility index (Phi) is 3.94. The first-order chi connectivity index (χ1) is 8.50. The quantitative estimate of drug-likeness (QED) is 0.858. The smallest absolute Gasteiger partial charge is 0.149 e. The number of aliphatic hydroxyl groups excluding tert-OH is 1. The molecule has 2 aromatic rings. The molecule has 0 saturated heterocycles. The predicted molar refractivity (Wildman–Crippen MR) is 69.9 cm³/mol. The van der Waals surface area contributed by atoms with Gasteiger partial charge in [-0.05, 0) is 35.0 Å². The summed E-state index contributed by atoms with van der Waals surface area (Å²) in [5, 5.41) is 10.1. The van der Waals surface area contributed by atoms with Crippen LogP contribution in [0, 0.1) is 12.7 Å². The molecule has 1 aromatic carbocycles. The van der Waals surface area contributed by atoms with Crippen LogP contribution in [-0.4, -0.2) is 15.1 Å². The van der Waals surface area contributed by atoms with Gasteiger partial charge in [0.25, 0.3) is 0 Å². The van der Waals surface area contributed by atoms with Crippen LogP contribution in [0.4, 0.5) is 4.39 Å². The molecule has 0 aliphatic carbocycles. The fourth-order valence-corrected chi connectivity index (χ4v) is 2.02. The Morgan fingerprint density at radius 2 is 2.11 bits per heavy atom. The van der Waals surface area contributed by atoms with Crippen LogP contribution >= 0.6 is 27.5 Å². The van der Waals surface area contributed by atoms with E-state index < -0.39 is 11.9 Å². The summed E-state index contributed by atoms with van der Waals surface area (Å²) < 4.78 is 14.4. The molecule has 0 fully saturated rings. The first kappa shape index (κ1) is 13.4. The first-order valence-corrected chi connectivity index (χ1v) is 6.29. The van der Waals surface area contributed by atoms with Crippen molar-refractivity contribution in [2.75, 3.05) is 0 Å². The van der Waals surface area contributed by atoms with E-state index in [1.165, 1.54) is 18.3 Å². The maximum Gasteiger partial charge on any atom is 0.149 e. The molecule has 1 atom stereocenters. The van der Waals surface area contributed by atoms with E-state index in [-0.39, 0.29) is 10.6 Å². The van der Waals surface area contributed by atoms with Crippen LogP contribution in [0.5, 0.6) is 0 Å². The molecule has 0 radical (unpaired) electrons. The van der Waals surface area contributed by atoms with E-state index in [1.807, 2.05) is 0 Å². The third-order valence-electron chi connectivity index (χ3n) is 2.44. The number of nitrogens with zero attached hydrogens (tertiary/aromatic N) is 2. The van der Waals surface area contributed by atoms with Crippen LogP contribution in [0.2, 0.25) is 5.02 Å². The second-order valence-corrected chi connectivity index (χ2v) is 4.93. The third-order valence-corrected chi connectivity index (χ3v) is 3.70. The molecule has 0 spiro atoms. The topological polar surface area (TPSA) is 46.0 Å². The van der Waals surface area contributed by atoms with Crippen molar-refractivity contribution in [1.82, 2.24) is 9.97 Å². The largest absolute Gasteiger partial charge is 0.382 e. The monoisotopic (exact) mass is 330 g/mol. The Morgan fingerprint density at radius 3 is 2.78 bits per heavy atom. The van der Waals surface area contributed by atoms with E-state index >= 15 is 0 Å². The van der Waals surface area contributed by atoms with Gasteiger partial charge in [-0.15, -0.1) is 0 Å². The van der Waals surface area contributed by atoms with Crippen LogP contribution in [0.1, 0.15) is 23.2 Å². The Bertz CT molecular complexity index is 594. The predicted octanol–water partition coefficient (Wildman–Crippen LogP) is 3.42. The Labute approximate surface area is 117 Å². The molecule has 1 N–H and O–H groups in total. The van der Waals surface area contributed by atoms with Crippen molar-refractivity contribution in [3.63, 3.8) is 0 Å². The molecule has 0 aliphatic heterocycles. The fraction of sp³-hybridized carbons (Fsp3) is 0.167. The number of aliphatic hydroxyl groups is 1. The summed E-state index contributed by atoms with van der Waals surface area (Å²) in [6.45, 7) is 1.70. The highest BCUT2D eigenvalue weighted by atomic mass is 79.9. The number of benzene rings is 1. The van der Waals surface area contributed by atoms with Gasteiger partial charge in [-0.2, -0.15) is 0 Å². The number of aryl methyl sites for hydroxylation is 1. The molecule has 1 unspecified atom stereocenters. The van der Waals surface area contributed by atoms with Crippen molar-refractivity contribution in [3.05, 3.63) is 56.8 Å². The lowest BCUT2D eigenvalue weighted by molar-refractivity contribution is 0.209. The van der Waals surface area contributed by atoms with Gasteiger partial charge < -0.3 is 5.11 Å². The Hall–Kier alpha value is -1.04. The number of rotatable bonds is 2. The number of aromatic nitrogens is 2. The molecular weight excluding hydrogens is 322 g/mol. The van der Waals surface area contributed by atoms with Gasteiger partial charge in [-0.25, -0.2) is 14.4 Å². The molecule has 18 heavy (non-hydrogen) atoms.